The molecule has 0 saturated carbocycles. The first-order valence-corrected chi connectivity index (χ1v) is 13.2. The van der Waals surface area contributed by atoms with Crippen molar-refractivity contribution in [2.24, 2.45) is 0 Å². The molecule has 2 atom stereocenters. The summed E-state index contributed by atoms with van der Waals surface area (Å²) in [5.41, 5.74) is 2.19. The van der Waals surface area contributed by atoms with E-state index in [1.807, 2.05) is 62.6 Å². The van der Waals surface area contributed by atoms with Gasteiger partial charge in [-0.05, 0) is 78.0 Å². The molecule has 186 valence electrons. The first-order chi connectivity index (χ1) is 17.9. The number of nitriles is 1. The van der Waals surface area contributed by atoms with Crippen LogP contribution in [0, 0.1) is 11.3 Å². The Morgan fingerprint density at radius 1 is 0.946 bits per heavy atom. The van der Waals surface area contributed by atoms with E-state index in [0.717, 1.165) is 37.5 Å². The van der Waals surface area contributed by atoms with Crippen molar-refractivity contribution in [3.05, 3.63) is 113 Å². The number of rotatable bonds is 8. The molecule has 1 heterocycles. The molecule has 4 nitrogen and oxygen atoms in total. The highest BCUT2D eigenvalue weighted by molar-refractivity contribution is 7.17. The van der Waals surface area contributed by atoms with Gasteiger partial charge < -0.3 is 14.7 Å². The van der Waals surface area contributed by atoms with Crippen molar-refractivity contribution >= 4 is 32.2 Å². The molecule has 0 bridgehead atoms. The standard InChI is InChI=1S/C32H30N2O2S/c1-34(2)16-15-32(35,28-11-7-10-24-14-17-37-31(24)28)30(23-8-5-4-6-9-23)27-19-26-18-22(21-33)12-13-25(26)20-29(27)36-3/h4-14,17-20,30,35H,15-16H2,1-3H3/t30-,32-/m1/s1. The van der Waals surface area contributed by atoms with Crippen molar-refractivity contribution in [1.29, 1.82) is 5.26 Å². The fraction of sp³-hybridized carbons (Fsp3) is 0.219. The molecule has 1 aromatic heterocycles. The number of aliphatic hydroxyl groups is 1. The average Bonchev–Trinajstić information content (AvgIpc) is 3.41. The van der Waals surface area contributed by atoms with Crippen LogP contribution in [-0.4, -0.2) is 37.8 Å². The van der Waals surface area contributed by atoms with Crippen molar-refractivity contribution in [2.45, 2.75) is 17.9 Å². The Bertz CT molecular complexity index is 1590. The van der Waals surface area contributed by atoms with E-state index >= 15 is 0 Å². The van der Waals surface area contributed by atoms with Gasteiger partial charge in [0.25, 0.3) is 0 Å². The summed E-state index contributed by atoms with van der Waals surface area (Å²) in [7, 11) is 5.74. The van der Waals surface area contributed by atoms with Crippen molar-refractivity contribution in [2.75, 3.05) is 27.7 Å². The van der Waals surface area contributed by atoms with Crippen LogP contribution in [0.25, 0.3) is 20.9 Å². The van der Waals surface area contributed by atoms with Crippen LogP contribution < -0.4 is 4.74 Å². The number of nitrogens with zero attached hydrogens (tertiary/aromatic N) is 2. The van der Waals surface area contributed by atoms with Crippen molar-refractivity contribution in [1.82, 2.24) is 4.90 Å². The summed E-state index contributed by atoms with van der Waals surface area (Å²) in [5.74, 6) is 0.305. The summed E-state index contributed by atoms with van der Waals surface area (Å²) in [6.45, 7) is 0.704. The fourth-order valence-corrected chi connectivity index (χ4v) is 6.28. The number of benzene rings is 4. The zero-order valence-electron chi connectivity index (χ0n) is 21.3. The van der Waals surface area contributed by atoms with Gasteiger partial charge in [0.1, 0.15) is 11.4 Å². The molecule has 0 spiro atoms. The highest BCUT2D eigenvalue weighted by Crippen LogP contribution is 2.50. The third-order valence-corrected chi connectivity index (χ3v) is 8.09. The monoisotopic (exact) mass is 506 g/mol. The van der Waals surface area contributed by atoms with E-state index < -0.39 is 11.5 Å². The number of methoxy groups -OCH3 is 1. The van der Waals surface area contributed by atoms with Crippen molar-refractivity contribution in [3.63, 3.8) is 0 Å². The summed E-state index contributed by atoms with van der Waals surface area (Å²) in [4.78, 5) is 2.11. The molecule has 0 aliphatic heterocycles. The molecule has 0 unspecified atom stereocenters. The van der Waals surface area contributed by atoms with Gasteiger partial charge in [0.2, 0.25) is 0 Å². The van der Waals surface area contributed by atoms with Gasteiger partial charge >= 0.3 is 0 Å². The van der Waals surface area contributed by atoms with E-state index in [1.54, 1.807) is 18.4 Å². The predicted octanol–water partition coefficient (Wildman–Crippen LogP) is 6.91. The summed E-state index contributed by atoms with van der Waals surface area (Å²) < 4.78 is 7.05. The Labute approximate surface area is 222 Å². The molecule has 1 N–H and O–H groups in total. The molecule has 4 aromatic carbocycles. The topological polar surface area (TPSA) is 56.5 Å². The molecule has 5 heteroatoms. The Balaban J connectivity index is 1.83. The van der Waals surface area contributed by atoms with Crippen LogP contribution in [0.4, 0.5) is 0 Å². The van der Waals surface area contributed by atoms with Gasteiger partial charge in [-0.25, -0.2) is 0 Å². The second kappa shape index (κ2) is 10.4. The minimum absolute atomic E-state index is 0.411. The fourth-order valence-electron chi connectivity index (χ4n) is 5.29. The highest BCUT2D eigenvalue weighted by Gasteiger charge is 2.43. The van der Waals surface area contributed by atoms with E-state index in [1.165, 1.54) is 0 Å². The maximum absolute atomic E-state index is 13.0. The minimum atomic E-state index is -1.23. The van der Waals surface area contributed by atoms with Gasteiger partial charge in [-0.1, -0.05) is 54.6 Å². The molecule has 5 rings (SSSR count). The van der Waals surface area contributed by atoms with Gasteiger partial charge in [-0.15, -0.1) is 11.3 Å². The molecule has 0 amide bonds. The van der Waals surface area contributed by atoms with Crippen LogP contribution in [0.15, 0.2) is 90.3 Å². The van der Waals surface area contributed by atoms with Gasteiger partial charge in [-0.3, -0.25) is 0 Å². The molecule has 5 aromatic rings. The summed E-state index contributed by atoms with van der Waals surface area (Å²) in [6.07, 6.45) is 0.524. The Morgan fingerprint density at radius 2 is 1.76 bits per heavy atom. The molecule has 0 aliphatic rings. The van der Waals surface area contributed by atoms with Crippen LogP contribution >= 0.6 is 11.3 Å². The SMILES string of the molecule is COc1cc2ccc(C#N)cc2cc1[C@@H](c1ccccc1)[C@@](O)(CCN(C)C)c1cccc2ccsc12. The van der Waals surface area contributed by atoms with E-state index in [2.05, 4.69) is 52.7 Å². The number of hydrogen-bond donors (Lipinski definition) is 1. The molecule has 0 radical (unpaired) electrons. The maximum Gasteiger partial charge on any atom is 0.123 e. The Kier molecular flexibility index (Phi) is 6.99. The third-order valence-electron chi connectivity index (χ3n) is 7.12. The Hall–Kier alpha value is -3.69. The summed E-state index contributed by atoms with van der Waals surface area (Å²) in [6, 6.07) is 30.5. The summed E-state index contributed by atoms with van der Waals surface area (Å²) in [5, 5.41) is 27.6. The first kappa shape index (κ1) is 25.0. The number of hydrogen-bond acceptors (Lipinski definition) is 5. The zero-order valence-corrected chi connectivity index (χ0v) is 22.1. The lowest BCUT2D eigenvalue weighted by molar-refractivity contribution is 0.00548. The average molecular weight is 507 g/mol. The smallest absolute Gasteiger partial charge is 0.123 e. The van der Waals surface area contributed by atoms with Crippen molar-refractivity contribution < 1.29 is 9.84 Å². The number of thiophene rings is 1. The second-order valence-electron chi connectivity index (χ2n) is 9.73. The van der Waals surface area contributed by atoms with Gasteiger partial charge in [0, 0.05) is 28.3 Å². The third kappa shape index (κ3) is 4.72. The lowest BCUT2D eigenvalue weighted by atomic mass is 9.71. The molecular weight excluding hydrogens is 476 g/mol. The first-order valence-electron chi connectivity index (χ1n) is 12.3. The van der Waals surface area contributed by atoms with Gasteiger partial charge in [0.05, 0.1) is 18.7 Å². The normalized spacial score (nSPS) is 13.9. The van der Waals surface area contributed by atoms with E-state index in [0.29, 0.717) is 24.3 Å². The molecule has 0 aliphatic carbocycles. The van der Waals surface area contributed by atoms with Crippen LogP contribution in [0.5, 0.6) is 5.75 Å². The van der Waals surface area contributed by atoms with Gasteiger partial charge in [-0.2, -0.15) is 5.26 Å². The molecular formula is C32H30N2O2S. The maximum atomic E-state index is 13.0. The van der Waals surface area contributed by atoms with Gasteiger partial charge in [0.15, 0.2) is 0 Å². The Morgan fingerprint density at radius 3 is 2.49 bits per heavy atom. The molecule has 0 fully saturated rings. The van der Waals surface area contributed by atoms with Crippen molar-refractivity contribution in [3.8, 4) is 11.8 Å². The van der Waals surface area contributed by atoms with E-state index in [9.17, 15) is 10.4 Å². The quantitative estimate of drug-likeness (QED) is 0.249. The highest BCUT2D eigenvalue weighted by atomic mass is 32.1. The predicted molar refractivity (Wildman–Crippen MR) is 152 cm³/mol. The van der Waals surface area contributed by atoms with E-state index in [4.69, 9.17) is 4.74 Å². The number of ether oxygens (including phenoxy) is 1. The minimum Gasteiger partial charge on any atom is -0.496 e. The van der Waals surface area contributed by atoms with Crippen LogP contribution in [0.3, 0.4) is 0 Å². The number of fused-ring (bicyclic) bond motifs is 2. The molecule has 0 saturated heterocycles. The zero-order chi connectivity index (χ0) is 26.0. The summed E-state index contributed by atoms with van der Waals surface area (Å²) >= 11 is 1.66. The lowest BCUT2D eigenvalue weighted by Crippen LogP contribution is -2.37. The molecule has 37 heavy (non-hydrogen) atoms. The largest absolute Gasteiger partial charge is 0.496 e. The van der Waals surface area contributed by atoms with E-state index in [-0.39, 0.29) is 0 Å². The second-order valence-corrected chi connectivity index (χ2v) is 10.6. The lowest BCUT2D eigenvalue weighted by Gasteiger charge is -2.39. The van der Waals surface area contributed by atoms with Crippen LogP contribution in [0.2, 0.25) is 0 Å². The van der Waals surface area contributed by atoms with Crippen LogP contribution in [-0.2, 0) is 5.60 Å². The van der Waals surface area contributed by atoms with Crippen LogP contribution in [0.1, 0.15) is 34.6 Å².